The molecule has 208 valence electrons. The molecule has 0 saturated carbocycles. The van der Waals surface area contributed by atoms with Gasteiger partial charge in [0.1, 0.15) is 16.6 Å². The van der Waals surface area contributed by atoms with Crippen LogP contribution in [0.15, 0.2) is 39.9 Å². The summed E-state index contributed by atoms with van der Waals surface area (Å²) in [5.74, 6) is 0.290. The fraction of sp³-hybridized carbons (Fsp3) is 0.429. The number of hydrogen-bond acceptors (Lipinski definition) is 9. The molecule has 0 aliphatic carbocycles. The Balaban J connectivity index is 1.15. The Morgan fingerprint density at radius 2 is 1.88 bits per heavy atom. The number of nitrogens with zero attached hydrogens (tertiary/aromatic N) is 6. The first-order chi connectivity index (χ1) is 19.3. The molecule has 0 radical (unpaired) electrons. The molecule has 0 atom stereocenters. The van der Waals surface area contributed by atoms with Crippen LogP contribution in [0.1, 0.15) is 37.8 Å². The average Bonchev–Trinajstić information content (AvgIpc) is 3.51. The number of amides is 3. The molecule has 4 aromatic rings. The summed E-state index contributed by atoms with van der Waals surface area (Å²) in [6.07, 6.45) is 4.35. The lowest BCUT2D eigenvalue weighted by atomic mass is 9.87. The van der Waals surface area contributed by atoms with Crippen molar-refractivity contribution in [3.05, 3.63) is 52.3 Å². The minimum absolute atomic E-state index is 0.101. The Morgan fingerprint density at radius 1 is 1.10 bits per heavy atom. The predicted octanol–water partition coefficient (Wildman–Crippen LogP) is 2.75. The molecule has 1 aromatic carbocycles. The number of benzene rings is 1. The van der Waals surface area contributed by atoms with E-state index in [1.807, 2.05) is 30.0 Å². The van der Waals surface area contributed by atoms with E-state index in [0.717, 1.165) is 35.2 Å². The van der Waals surface area contributed by atoms with E-state index in [1.165, 1.54) is 4.90 Å². The van der Waals surface area contributed by atoms with Crippen LogP contribution in [0.2, 0.25) is 0 Å². The highest BCUT2D eigenvalue weighted by Crippen LogP contribution is 2.31. The van der Waals surface area contributed by atoms with Crippen molar-refractivity contribution in [1.29, 1.82) is 0 Å². The SMILES string of the molecule is CCN(CC)c1ccc2c(C)c(CCN3C(=O)NC4(CCN(c5ncc6[nH]cnc6n5)CC4)C3=O)c(=O)oc2c1. The molecule has 2 N–H and O–H groups in total. The highest BCUT2D eigenvalue weighted by molar-refractivity contribution is 6.07. The van der Waals surface area contributed by atoms with Crippen LogP contribution in [0.5, 0.6) is 0 Å². The molecule has 2 saturated heterocycles. The number of fused-ring (bicyclic) bond motifs is 2. The van der Waals surface area contributed by atoms with E-state index in [-0.39, 0.29) is 18.9 Å². The molecule has 2 aliphatic heterocycles. The smallest absolute Gasteiger partial charge is 0.339 e. The van der Waals surface area contributed by atoms with Crippen molar-refractivity contribution < 1.29 is 14.0 Å². The summed E-state index contributed by atoms with van der Waals surface area (Å²) in [6, 6.07) is 5.46. The van der Waals surface area contributed by atoms with Gasteiger partial charge in [-0.2, -0.15) is 4.98 Å². The predicted molar refractivity (Wildman–Crippen MR) is 151 cm³/mol. The number of carbonyl (C=O) groups is 2. The second kappa shape index (κ2) is 9.92. The number of imide groups is 1. The second-order valence-electron chi connectivity index (χ2n) is 10.4. The molecule has 3 amide bonds. The Hall–Kier alpha value is -4.48. The Kier molecular flexibility index (Phi) is 6.40. The maximum Gasteiger partial charge on any atom is 0.339 e. The number of H-pyrrole nitrogens is 1. The fourth-order valence-corrected chi connectivity index (χ4v) is 5.87. The van der Waals surface area contributed by atoms with Crippen LogP contribution < -0.4 is 20.7 Å². The molecule has 2 aliphatic rings. The molecular weight excluding hydrogens is 512 g/mol. The van der Waals surface area contributed by atoms with E-state index >= 15 is 0 Å². The lowest BCUT2D eigenvalue weighted by Gasteiger charge is -2.37. The molecule has 12 nitrogen and oxygen atoms in total. The van der Waals surface area contributed by atoms with Gasteiger partial charge in [-0.25, -0.2) is 19.6 Å². The Labute approximate surface area is 230 Å². The summed E-state index contributed by atoms with van der Waals surface area (Å²) in [5.41, 5.74) is 2.75. The first-order valence-corrected chi connectivity index (χ1v) is 13.7. The number of rotatable bonds is 7. The zero-order valence-electron chi connectivity index (χ0n) is 22.9. The zero-order chi connectivity index (χ0) is 28.0. The van der Waals surface area contributed by atoms with Crippen molar-refractivity contribution in [3.8, 4) is 0 Å². The van der Waals surface area contributed by atoms with Crippen LogP contribution in [-0.2, 0) is 11.2 Å². The third-order valence-corrected chi connectivity index (χ3v) is 8.29. The number of aryl methyl sites for hydroxylation is 1. The van der Waals surface area contributed by atoms with Crippen LogP contribution in [-0.4, -0.2) is 75.0 Å². The van der Waals surface area contributed by atoms with E-state index in [9.17, 15) is 14.4 Å². The van der Waals surface area contributed by atoms with Gasteiger partial charge in [0, 0.05) is 55.4 Å². The molecule has 0 unspecified atom stereocenters. The highest BCUT2D eigenvalue weighted by atomic mass is 16.4. The quantitative estimate of drug-likeness (QED) is 0.265. The number of urea groups is 1. The Morgan fingerprint density at radius 3 is 2.62 bits per heavy atom. The van der Waals surface area contributed by atoms with E-state index in [1.54, 1.807) is 12.5 Å². The number of carbonyl (C=O) groups excluding carboxylic acids is 2. The van der Waals surface area contributed by atoms with Gasteiger partial charge >= 0.3 is 11.7 Å². The van der Waals surface area contributed by atoms with Crippen LogP contribution in [0.25, 0.3) is 22.1 Å². The lowest BCUT2D eigenvalue weighted by molar-refractivity contribution is -0.132. The minimum atomic E-state index is -0.964. The van der Waals surface area contributed by atoms with Crippen molar-refractivity contribution in [2.45, 2.75) is 45.6 Å². The molecule has 1 spiro atoms. The van der Waals surface area contributed by atoms with Crippen molar-refractivity contribution in [2.75, 3.05) is 42.5 Å². The van der Waals surface area contributed by atoms with E-state index in [0.29, 0.717) is 48.7 Å². The molecule has 3 aromatic heterocycles. The maximum atomic E-state index is 13.5. The van der Waals surface area contributed by atoms with Crippen LogP contribution in [0.3, 0.4) is 0 Å². The molecule has 2 fully saturated rings. The highest BCUT2D eigenvalue weighted by Gasteiger charge is 2.52. The van der Waals surface area contributed by atoms with Gasteiger partial charge in [-0.05, 0) is 57.7 Å². The van der Waals surface area contributed by atoms with E-state index in [4.69, 9.17) is 4.42 Å². The standard InChI is InChI=1S/C28H32N8O4/c1-4-34(5-2)18-6-7-19-17(3)20(24(37)40-22(19)14-18)8-11-36-25(38)28(33-27(36)39)9-12-35(13-10-28)26-29-15-21-23(32-26)31-16-30-21/h6-7,14-16H,4-5,8-13H2,1-3H3,(H,33,39)(H,29,30,31,32). The molecule has 0 bridgehead atoms. The third kappa shape index (κ3) is 4.23. The summed E-state index contributed by atoms with van der Waals surface area (Å²) in [5, 5.41) is 3.78. The van der Waals surface area contributed by atoms with Gasteiger partial charge in [-0.15, -0.1) is 0 Å². The minimum Gasteiger partial charge on any atom is -0.422 e. The van der Waals surface area contributed by atoms with Gasteiger partial charge in [-0.1, -0.05) is 0 Å². The zero-order valence-corrected chi connectivity index (χ0v) is 22.9. The van der Waals surface area contributed by atoms with Gasteiger partial charge in [0.05, 0.1) is 12.5 Å². The van der Waals surface area contributed by atoms with Gasteiger partial charge in [0.25, 0.3) is 5.91 Å². The number of imidazole rings is 1. The number of piperidine rings is 1. The van der Waals surface area contributed by atoms with Gasteiger partial charge in [0.2, 0.25) is 5.95 Å². The summed E-state index contributed by atoms with van der Waals surface area (Å²) in [7, 11) is 0. The summed E-state index contributed by atoms with van der Waals surface area (Å²) < 4.78 is 5.70. The summed E-state index contributed by atoms with van der Waals surface area (Å²) in [6.45, 7) is 8.87. The third-order valence-electron chi connectivity index (χ3n) is 8.29. The number of hydrogen-bond donors (Lipinski definition) is 2. The second-order valence-corrected chi connectivity index (χ2v) is 10.4. The Bertz CT molecular complexity index is 1670. The number of aromatic amines is 1. The van der Waals surface area contributed by atoms with Gasteiger partial charge < -0.3 is 24.5 Å². The van der Waals surface area contributed by atoms with Crippen molar-refractivity contribution in [2.24, 2.45) is 0 Å². The monoisotopic (exact) mass is 544 g/mol. The lowest BCUT2D eigenvalue weighted by Crippen LogP contribution is -2.55. The molecule has 40 heavy (non-hydrogen) atoms. The van der Waals surface area contributed by atoms with Crippen molar-refractivity contribution in [1.82, 2.24) is 30.2 Å². The maximum absolute atomic E-state index is 13.5. The van der Waals surface area contributed by atoms with Crippen LogP contribution >= 0.6 is 0 Å². The first-order valence-electron chi connectivity index (χ1n) is 13.7. The van der Waals surface area contributed by atoms with Crippen molar-refractivity contribution in [3.63, 3.8) is 0 Å². The largest absolute Gasteiger partial charge is 0.422 e. The number of aromatic nitrogens is 4. The van der Waals surface area contributed by atoms with E-state index in [2.05, 4.69) is 44.0 Å². The normalized spacial score (nSPS) is 16.9. The molecule has 6 rings (SSSR count). The molecule has 12 heteroatoms. The van der Waals surface area contributed by atoms with Gasteiger partial charge in [0.15, 0.2) is 5.65 Å². The van der Waals surface area contributed by atoms with E-state index < -0.39 is 17.2 Å². The fourth-order valence-electron chi connectivity index (χ4n) is 5.87. The molecular formula is C28H32N8O4. The number of anilines is 2. The summed E-state index contributed by atoms with van der Waals surface area (Å²) >= 11 is 0. The average molecular weight is 545 g/mol. The number of nitrogens with one attached hydrogen (secondary N) is 2. The first kappa shape index (κ1) is 25.8. The topological polar surface area (TPSA) is 141 Å². The van der Waals surface area contributed by atoms with Gasteiger partial charge in [-0.3, -0.25) is 9.69 Å². The van der Waals surface area contributed by atoms with Crippen LogP contribution in [0, 0.1) is 6.92 Å². The van der Waals surface area contributed by atoms with Crippen molar-refractivity contribution >= 4 is 45.7 Å². The van der Waals surface area contributed by atoms with Crippen LogP contribution in [0.4, 0.5) is 16.4 Å². The molecule has 5 heterocycles. The summed E-state index contributed by atoms with van der Waals surface area (Å²) in [4.78, 5) is 60.9.